The first-order valence-corrected chi connectivity index (χ1v) is 9.06. The average molecular weight is 386 g/mol. The van der Waals surface area contributed by atoms with Crippen LogP contribution in [0.2, 0.25) is 5.02 Å². The van der Waals surface area contributed by atoms with E-state index < -0.39 is 0 Å². The molecular formula is C20H20ClN3O3. The number of amides is 1. The number of nitrogens with zero attached hydrogens (tertiary/aromatic N) is 2. The van der Waals surface area contributed by atoms with Gasteiger partial charge in [0, 0.05) is 24.0 Å². The number of ether oxygens (including phenoxy) is 1. The molecule has 1 N–H and O–H groups in total. The molecule has 0 saturated heterocycles. The Morgan fingerprint density at radius 2 is 1.81 bits per heavy atom. The zero-order valence-electron chi connectivity index (χ0n) is 14.9. The molecule has 0 bridgehead atoms. The van der Waals surface area contributed by atoms with Crippen LogP contribution in [0.1, 0.15) is 23.3 Å². The van der Waals surface area contributed by atoms with E-state index in [4.69, 9.17) is 16.3 Å². The fourth-order valence-electron chi connectivity index (χ4n) is 2.70. The van der Waals surface area contributed by atoms with Crippen molar-refractivity contribution in [2.24, 2.45) is 7.05 Å². The minimum Gasteiger partial charge on any atom is -0.494 e. The van der Waals surface area contributed by atoms with E-state index in [9.17, 15) is 9.59 Å². The third-order valence-electron chi connectivity index (χ3n) is 4.11. The van der Waals surface area contributed by atoms with Gasteiger partial charge in [-0.25, -0.2) is 4.68 Å². The number of carbonyl (C=O) groups is 1. The molecule has 1 aromatic heterocycles. The Bertz CT molecular complexity index is 1000. The summed E-state index contributed by atoms with van der Waals surface area (Å²) in [7, 11) is 1.54. The molecule has 0 radical (unpaired) electrons. The molecule has 6 nitrogen and oxygen atoms in total. The van der Waals surface area contributed by atoms with Crippen molar-refractivity contribution in [1.29, 1.82) is 0 Å². The number of nitrogens with one attached hydrogen (secondary N) is 1. The van der Waals surface area contributed by atoms with Crippen LogP contribution in [-0.4, -0.2) is 28.8 Å². The van der Waals surface area contributed by atoms with E-state index >= 15 is 0 Å². The molecule has 140 valence electrons. The second-order valence-corrected chi connectivity index (χ2v) is 6.52. The smallest absolute Gasteiger partial charge is 0.274 e. The van der Waals surface area contributed by atoms with Crippen molar-refractivity contribution in [2.45, 2.75) is 12.8 Å². The Hall–Kier alpha value is -2.86. The molecule has 0 aliphatic rings. The second kappa shape index (κ2) is 8.68. The predicted molar refractivity (Wildman–Crippen MR) is 105 cm³/mol. The van der Waals surface area contributed by atoms with Crippen molar-refractivity contribution in [2.75, 3.05) is 13.2 Å². The zero-order chi connectivity index (χ0) is 19.2. The van der Waals surface area contributed by atoms with Gasteiger partial charge in [0.2, 0.25) is 0 Å². The van der Waals surface area contributed by atoms with Gasteiger partial charge in [-0.05, 0) is 43.2 Å². The summed E-state index contributed by atoms with van der Waals surface area (Å²) in [4.78, 5) is 24.6. The van der Waals surface area contributed by atoms with Gasteiger partial charge in [-0.3, -0.25) is 9.59 Å². The number of halogens is 1. The van der Waals surface area contributed by atoms with Crippen LogP contribution in [-0.2, 0) is 7.05 Å². The number of carbonyl (C=O) groups excluding carboxylic acids is 1. The molecule has 1 amide bonds. The number of unbranched alkanes of at least 4 members (excludes halogenated alkanes) is 1. The summed E-state index contributed by atoms with van der Waals surface area (Å²) in [5, 5.41) is 8.69. The highest BCUT2D eigenvalue weighted by Crippen LogP contribution is 2.16. The van der Waals surface area contributed by atoms with Crippen molar-refractivity contribution in [3.63, 3.8) is 0 Å². The highest BCUT2D eigenvalue weighted by molar-refractivity contribution is 6.30. The molecule has 0 atom stereocenters. The number of fused-ring (bicyclic) bond motifs is 1. The lowest BCUT2D eigenvalue weighted by molar-refractivity contribution is 0.0947. The molecule has 3 rings (SSSR count). The van der Waals surface area contributed by atoms with Crippen molar-refractivity contribution in [1.82, 2.24) is 15.1 Å². The first-order chi connectivity index (χ1) is 13.1. The van der Waals surface area contributed by atoms with Gasteiger partial charge in [-0.2, -0.15) is 5.10 Å². The maximum atomic E-state index is 12.5. The minimum absolute atomic E-state index is 0.221. The Kier molecular flexibility index (Phi) is 6.08. The molecule has 0 saturated carbocycles. The monoisotopic (exact) mass is 385 g/mol. The Labute approximate surface area is 161 Å². The number of aromatic nitrogens is 2. The number of hydrogen-bond acceptors (Lipinski definition) is 4. The highest BCUT2D eigenvalue weighted by Gasteiger charge is 2.14. The molecule has 0 spiro atoms. The first-order valence-electron chi connectivity index (χ1n) is 8.69. The predicted octanol–water partition coefficient (Wildman–Crippen LogP) is 3.18. The van der Waals surface area contributed by atoms with Gasteiger partial charge in [0.1, 0.15) is 5.75 Å². The summed E-state index contributed by atoms with van der Waals surface area (Å²) >= 11 is 5.83. The molecule has 2 aromatic carbocycles. The SMILES string of the molecule is Cn1nc(C(=O)NCCCCOc2ccc(Cl)cc2)c2ccccc2c1=O. The van der Waals surface area contributed by atoms with E-state index in [0.717, 1.165) is 18.6 Å². The van der Waals surface area contributed by atoms with Crippen LogP contribution in [0, 0.1) is 0 Å². The van der Waals surface area contributed by atoms with Gasteiger partial charge < -0.3 is 10.1 Å². The van der Waals surface area contributed by atoms with Gasteiger partial charge in [-0.1, -0.05) is 29.8 Å². The van der Waals surface area contributed by atoms with Gasteiger partial charge in [-0.15, -0.1) is 0 Å². The van der Waals surface area contributed by atoms with E-state index in [1.54, 1.807) is 43.4 Å². The summed E-state index contributed by atoms with van der Waals surface area (Å²) in [6, 6.07) is 14.2. The molecule has 27 heavy (non-hydrogen) atoms. The lowest BCUT2D eigenvalue weighted by atomic mass is 10.1. The minimum atomic E-state index is -0.291. The molecule has 0 unspecified atom stereocenters. The van der Waals surface area contributed by atoms with Crippen LogP contribution in [0.15, 0.2) is 53.3 Å². The van der Waals surface area contributed by atoms with Crippen LogP contribution >= 0.6 is 11.6 Å². The molecule has 0 fully saturated rings. The van der Waals surface area contributed by atoms with E-state index in [2.05, 4.69) is 10.4 Å². The lowest BCUT2D eigenvalue weighted by Crippen LogP contribution is -2.30. The molecule has 0 aliphatic heterocycles. The Morgan fingerprint density at radius 3 is 2.56 bits per heavy atom. The summed E-state index contributed by atoms with van der Waals surface area (Å²) in [5.74, 6) is 0.477. The molecule has 7 heteroatoms. The number of rotatable bonds is 7. The molecule has 3 aromatic rings. The quantitative estimate of drug-likeness (QED) is 0.634. The van der Waals surface area contributed by atoms with Crippen molar-refractivity contribution in [3.05, 3.63) is 69.6 Å². The first kappa shape index (κ1) is 18.9. The van der Waals surface area contributed by atoms with Crippen LogP contribution in [0.5, 0.6) is 5.75 Å². The van der Waals surface area contributed by atoms with Crippen LogP contribution in [0.4, 0.5) is 0 Å². The van der Waals surface area contributed by atoms with E-state index in [0.29, 0.717) is 28.9 Å². The third kappa shape index (κ3) is 4.65. The van der Waals surface area contributed by atoms with Crippen molar-refractivity contribution >= 4 is 28.3 Å². The van der Waals surface area contributed by atoms with Gasteiger partial charge >= 0.3 is 0 Å². The average Bonchev–Trinajstić information content (AvgIpc) is 2.68. The van der Waals surface area contributed by atoms with Gasteiger partial charge in [0.05, 0.1) is 12.0 Å². The molecule has 1 heterocycles. The number of hydrogen-bond donors (Lipinski definition) is 1. The second-order valence-electron chi connectivity index (χ2n) is 6.09. The summed E-state index contributed by atoms with van der Waals surface area (Å²) in [6.45, 7) is 1.06. The molecule has 0 aliphatic carbocycles. The topological polar surface area (TPSA) is 73.2 Å². The summed E-state index contributed by atoms with van der Waals surface area (Å²) < 4.78 is 6.81. The molecular weight excluding hydrogens is 366 g/mol. The normalized spacial score (nSPS) is 10.7. The van der Waals surface area contributed by atoms with Crippen LogP contribution in [0.25, 0.3) is 10.8 Å². The van der Waals surface area contributed by atoms with Gasteiger partial charge in [0.25, 0.3) is 11.5 Å². The fraction of sp³-hybridized carbons (Fsp3) is 0.250. The highest BCUT2D eigenvalue weighted by atomic mass is 35.5. The Balaban J connectivity index is 1.51. The Morgan fingerprint density at radius 1 is 1.11 bits per heavy atom. The summed E-state index contributed by atoms with van der Waals surface area (Å²) in [6.07, 6.45) is 1.56. The van der Waals surface area contributed by atoms with Crippen LogP contribution in [0.3, 0.4) is 0 Å². The van der Waals surface area contributed by atoms with Crippen molar-refractivity contribution in [3.8, 4) is 5.75 Å². The zero-order valence-corrected chi connectivity index (χ0v) is 15.7. The largest absolute Gasteiger partial charge is 0.494 e. The third-order valence-corrected chi connectivity index (χ3v) is 4.36. The maximum Gasteiger partial charge on any atom is 0.274 e. The number of aryl methyl sites for hydroxylation is 1. The summed E-state index contributed by atoms with van der Waals surface area (Å²) in [5.41, 5.74) is 0.0339. The van der Waals surface area contributed by atoms with E-state index in [1.165, 1.54) is 4.68 Å². The van der Waals surface area contributed by atoms with Crippen molar-refractivity contribution < 1.29 is 9.53 Å². The standard InChI is InChI=1S/C20H20ClN3O3/c1-24-20(26)17-7-3-2-6-16(17)18(23-24)19(25)22-12-4-5-13-27-15-10-8-14(21)9-11-15/h2-3,6-11H,4-5,12-13H2,1H3,(H,22,25). The number of benzene rings is 2. The van der Waals surface area contributed by atoms with Gasteiger partial charge in [0.15, 0.2) is 5.69 Å². The van der Waals surface area contributed by atoms with E-state index in [-0.39, 0.29) is 17.2 Å². The van der Waals surface area contributed by atoms with Crippen LogP contribution < -0.4 is 15.6 Å². The fourth-order valence-corrected chi connectivity index (χ4v) is 2.83. The lowest BCUT2D eigenvalue weighted by Gasteiger charge is -2.09. The van der Waals surface area contributed by atoms with E-state index in [1.807, 2.05) is 12.1 Å². The maximum absolute atomic E-state index is 12.5.